The maximum absolute atomic E-state index is 13.1. The van der Waals surface area contributed by atoms with Crippen LogP contribution in [0.4, 0.5) is 10.1 Å². The molecule has 0 aromatic heterocycles. The molecule has 1 aromatic carbocycles. The summed E-state index contributed by atoms with van der Waals surface area (Å²) in [5.41, 5.74) is 0.0356. The van der Waals surface area contributed by atoms with Crippen molar-refractivity contribution in [3.63, 3.8) is 0 Å². The van der Waals surface area contributed by atoms with Crippen LogP contribution in [0.1, 0.15) is 44.9 Å². The van der Waals surface area contributed by atoms with Crippen molar-refractivity contribution in [2.24, 2.45) is 5.41 Å². The van der Waals surface area contributed by atoms with Gasteiger partial charge in [-0.25, -0.2) is 4.39 Å². The number of amides is 1. The molecule has 1 aliphatic rings. The van der Waals surface area contributed by atoms with Crippen molar-refractivity contribution >= 4 is 33.5 Å². The Balaban J connectivity index is 2.06. The van der Waals surface area contributed by atoms with Crippen molar-refractivity contribution in [1.82, 2.24) is 0 Å². The lowest BCUT2D eigenvalue weighted by Crippen LogP contribution is -2.32. The molecule has 2 N–H and O–H groups in total. The van der Waals surface area contributed by atoms with Gasteiger partial charge in [-0.1, -0.05) is 19.3 Å². The Morgan fingerprint density at radius 3 is 2.50 bits per heavy atom. The van der Waals surface area contributed by atoms with E-state index in [1.807, 2.05) is 0 Å². The molecule has 0 radical (unpaired) electrons. The van der Waals surface area contributed by atoms with E-state index in [9.17, 15) is 14.0 Å². The number of rotatable bonds is 5. The van der Waals surface area contributed by atoms with Gasteiger partial charge in [-0.15, -0.1) is 0 Å². The summed E-state index contributed by atoms with van der Waals surface area (Å²) in [4.78, 5) is 23.4. The Bertz CT molecular complexity index is 571. The number of carboxylic acid groups (broad SMARTS) is 1. The standard InChI is InChI=1S/C16H19BrFNO3/c17-12-8-11(18)4-5-13(12)19-14(20)9-16(10-15(21)22)6-2-1-3-7-16/h4-5,8H,1-3,6-7,9-10H2,(H,19,20)(H,21,22). The number of hydrogen-bond donors (Lipinski definition) is 2. The highest BCUT2D eigenvalue weighted by Gasteiger charge is 2.36. The summed E-state index contributed by atoms with van der Waals surface area (Å²) in [5.74, 6) is -1.48. The molecule has 1 saturated carbocycles. The number of hydrogen-bond acceptors (Lipinski definition) is 2. The van der Waals surface area contributed by atoms with Crippen molar-refractivity contribution in [3.05, 3.63) is 28.5 Å². The second-order valence-corrected chi connectivity index (χ2v) is 6.83. The molecule has 0 saturated heterocycles. The van der Waals surface area contributed by atoms with Gasteiger partial charge in [0.1, 0.15) is 5.82 Å². The quantitative estimate of drug-likeness (QED) is 0.808. The molecule has 1 aromatic rings. The number of carboxylic acids is 1. The zero-order valence-corrected chi connectivity index (χ0v) is 13.8. The van der Waals surface area contributed by atoms with Gasteiger partial charge in [0.25, 0.3) is 0 Å². The van der Waals surface area contributed by atoms with Crippen LogP contribution >= 0.6 is 15.9 Å². The fraction of sp³-hybridized carbons (Fsp3) is 0.500. The lowest BCUT2D eigenvalue weighted by atomic mass is 9.69. The van der Waals surface area contributed by atoms with E-state index in [-0.39, 0.29) is 24.6 Å². The van der Waals surface area contributed by atoms with Gasteiger partial charge in [0.05, 0.1) is 12.1 Å². The highest BCUT2D eigenvalue weighted by molar-refractivity contribution is 9.10. The summed E-state index contributed by atoms with van der Waals surface area (Å²) in [5, 5.41) is 11.9. The maximum atomic E-state index is 13.1. The summed E-state index contributed by atoms with van der Waals surface area (Å²) in [6, 6.07) is 4.04. The van der Waals surface area contributed by atoms with Gasteiger partial charge in [0.15, 0.2) is 0 Å². The van der Waals surface area contributed by atoms with E-state index >= 15 is 0 Å². The number of carbonyl (C=O) groups excluding carboxylic acids is 1. The largest absolute Gasteiger partial charge is 0.481 e. The molecule has 1 amide bonds. The van der Waals surface area contributed by atoms with Gasteiger partial charge >= 0.3 is 5.97 Å². The number of aliphatic carboxylic acids is 1. The van der Waals surface area contributed by atoms with Crippen molar-refractivity contribution in [1.29, 1.82) is 0 Å². The van der Waals surface area contributed by atoms with Crippen LogP contribution in [0.15, 0.2) is 22.7 Å². The topological polar surface area (TPSA) is 66.4 Å². The van der Waals surface area contributed by atoms with E-state index in [4.69, 9.17) is 5.11 Å². The number of benzene rings is 1. The van der Waals surface area contributed by atoms with E-state index in [2.05, 4.69) is 21.2 Å². The van der Waals surface area contributed by atoms with Crippen LogP contribution in [0.2, 0.25) is 0 Å². The molecular formula is C16H19BrFNO3. The maximum Gasteiger partial charge on any atom is 0.303 e. The van der Waals surface area contributed by atoms with Gasteiger partial charge in [0.2, 0.25) is 5.91 Å². The third kappa shape index (κ3) is 4.53. The van der Waals surface area contributed by atoms with Gasteiger partial charge in [-0.2, -0.15) is 0 Å². The normalized spacial score (nSPS) is 17.0. The molecule has 2 rings (SSSR count). The summed E-state index contributed by atoms with van der Waals surface area (Å²) in [6.45, 7) is 0. The Morgan fingerprint density at radius 2 is 1.91 bits per heavy atom. The van der Waals surface area contributed by atoms with Crippen molar-refractivity contribution < 1.29 is 19.1 Å². The molecule has 0 bridgehead atoms. The molecule has 0 heterocycles. The highest BCUT2D eigenvalue weighted by atomic mass is 79.9. The minimum absolute atomic E-state index is 0.0189. The minimum Gasteiger partial charge on any atom is -0.481 e. The lowest BCUT2D eigenvalue weighted by molar-refractivity contribution is -0.140. The van der Waals surface area contributed by atoms with Gasteiger partial charge in [-0.3, -0.25) is 9.59 Å². The average Bonchev–Trinajstić information content (AvgIpc) is 2.42. The molecule has 120 valence electrons. The second kappa shape index (κ2) is 7.22. The molecule has 1 fully saturated rings. The third-order valence-electron chi connectivity index (χ3n) is 4.18. The summed E-state index contributed by atoms with van der Waals surface area (Å²) in [6.07, 6.45) is 4.73. The first kappa shape index (κ1) is 16.9. The van der Waals surface area contributed by atoms with Crippen molar-refractivity contribution in [2.75, 3.05) is 5.32 Å². The number of halogens is 2. The number of carbonyl (C=O) groups is 2. The van der Waals surface area contributed by atoms with Gasteiger partial charge < -0.3 is 10.4 Å². The lowest BCUT2D eigenvalue weighted by Gasteiger charge is -2.35. The van der Waals surface area contributed by atoms with Crippen molar-refractivity contribution in [3.8, 4) is 0 Å². The number of anilines is 1. The van der Waals surface area contributed by atoms with E-state index in [1.54, 1.807) is 0 Å². The Hall–Kier alpha value is -1.43. The first-order chi connectivity index (χ1) is 10.4. The first-order valence-corrected chi connectivity index (χ1v) is 8.16. The van der Waals surface area contributed by atoms with Crippen LogP contribution in [-0.4, -0.2) is 17.0 Å². The molecule has 0 spiro atoms. The fourth-order valence-corrected chi connectivity index (χ4v) is 3.61. The zero-order valence-electron chi connectivity index (χ0n) is 12.2. The molecule has 0 atom stereocenters. The Kier molecular flexibility index (Phi) is 5.56. The molecule has 6 heteroatoms. The van der Waals surface area contributed by atoms with E-state index in [0.717, 1.165) is 32.1 Å². The SMILES string of the molecule is O=C(O)CC1(CC(=O)Nc2ccc(F)cc2Br)CCCCC1. The Morgan fingerprint density at radius 1 is 1.23 bits per heavy atom. The number of nitrogens with one attached hydrogen (secondary N) is 1. The molecule has 22 heavy (non-hydrogen) atoms. The molecule has 4 nitrogen and oxygen atoms in total. The van der Waals surface area contributed by atoms with Crippen LogP contribution < -0.4 is 5.32 Å². The fourth-order valence-electron chi connectivity index (χ4n) is 3.16. The van der Waals surface area contributed by atoms with Crippen LogP contribution in [0.3, 0.4) is 0 Å². The predicted molar refractivity (Wildman–Crippen MR) is 85.1 cm³/mol. The van der Waals surface area contributed by atoms with Gasteiger partial charge in [-0.05, 0) is 52.4 Å². The van der Waals surface area contributed by atoms with E-state index < -0.39 is 11.4 Å². The minimum atomic E-state index is -0.863. The van der Waals surface area contributed by atoms with Crippen LogP contribution in [-0.2, 0) is 9.59 Å². The summed E-state index contributed by atoms with van der Waals surface area (Å²) in [7, 11) is 0. The molecule has 0 unspecified atom stereocenters. The monoisotopic (exact) mass is 371 g/mol. The summed E-state index contributed by atoms with van der Waals surface area (Å²) >= 11 is 3.21. The smallest absolute Gasteiger partial charge is 0.303 e. The van der Waals surface area contributed by atoms with Crippen LogP contribution in [0, 0.1) is 11.2 Å². The molecular weight excluding hydrogens is 353 g/mol. The molecule has 0 aliphatic heterocycles. The summed E-state index contributed by atoms with van der Waals surface area (Å²) < 4.78 is 13.5. The average molecular weight is 372 g/mol. The van der Waals surface area contributed by atoms with Crippen LogP contribution in [0.25, 0.3) is 0 Å². The Labute approximate surface area is 137 Å². The zero-order chi connectivity index (χ0) is 16.2. The van der Waals surface area contributed by atoms with Crippen LogP contribution in [0.5, 0.6) is 0 Å². The van der Waals surface area contributed by atoms with E-state index in [1.165, 1.54) is 18.2 Å². The van der Waals surface area contributed by atoms with E-state index in [0.29, 0.717) is 10.2 Å². The third-order valence-corrected chi connectivity index (χ3v) is 4.84. The van der Waals surface area contributed by atoms with Gasteiger partial charge in [0, 0.05) is 10.9 Å². The second-order valence-electron chi connectivity index (χ2n) is 5.98. The highest BCUT2D eigenvalue weighted by Crippen LogP contribution is 2.42. The molecule has 1 aliphatic carbocycles. The first-order valence-electron chi connectivity index (χ1n) is 7.37. The van der Waals surface area contributed by atoms with Crippen molar-refractivity contribution in [2.45, 2.75) is 44.9 Å². The predicted octanol–water partition coefficient (Wildman–Crippen LogP) is 4.34.